The summed E-state index contributed by atoms with van der Waals surface area (Å²) < 4.78 is 47.6. The van der Waals surface area contributed by atoms with Crippen molar-refractivity contribution >= 4 is 5.82 Å². The summed E-state index contributed by atoms with van der Waals surface area (Å²) in [7, 11) is 0. The van der Waals surface area contributed by atoms with Crippen LogP contribution in [0.4, 0.5) is 19.0 Å². The Hall–Kier alpha value is -2.13. The number of nitrogens with zero attached hydrogens (tertiary/aromatic N) is 4. The number of nitrogens with two attached hydrogens (primary N) is 1. The minimum Gasteiger partial charge on any atom is -0.383 e. The van der Waals surface area contributed by atoms with Crippen LogP contribution in [-0.4, -0.2) is 52.0 Å². The Morgan fingerprint density at radius 2 is 2.03 bits per heavy atom. The lowest BCUT2D eigenvalue weighted by Crippen LogP contribution is -2.49. The summed E-state index contributed by atoms with van der Waals surface area (Å²) in [5, 5.41) is 4.79. The van der Waals surface area contributed by atoms with E-state index in [1.54, 1.807) is 0 Å². The zero-order chi connectivity index (χ0) is 22.3. The first kappa shape index (κ1) is 20.5. The molecule has 6 nitrogen and oxygen atoms in total. The average Bonchev–Trinajstić information content (AvgIpc) is 2.94. The lowest BCUT2D eigenvalue weighted by atomic mass is 9.85. The van der Waals surface area contributed by atoms with Crippen molar-refractivity contribution in [3.05, 3.63) is 29.6 Å². The molecule has 4 fully saturated rings. The van der Waals surface area contributed by atoms with Crippen LogP contribution < -0.4 is 5.73 Å². The zero-order valence-corrected chi connectivity index (χ0v) is 18.1. The molecule has 9 heteroatoms. The highest BCUT2D eigenvalue weighted by Gasteiger charge is 2.68. The quantitative estimate of drug-likeness (QED) is 0.756. The molecule has 3 atom stereocenters. The summed E-state index contributed by atoms with van der Waals surface area (Å²) in [5.41, 5.74) is 6.87. The molecular formula is C23H28F3N5O. The minimum absolute atomic E-state index is 0.195. The van der Waals surface area contributed by atoms with Gasteiger partial charge in [0.2, 0.25) is 0 Å². The standard InChI is InChI=1S/C23H28F3N5O/c1-22-12-30(15-10-32-11-15)9-17(22)20(22)19-6-18(29-31(19)8-13-3-2-4-13)14-5-16(23(24,25)26)21(27)28-7-14/h5-7,13,15,17,20H,2-4,8-12H2,1H3,(H2,27,28)/t17-,20+,22?/m0/s1. The molecule has 4 heterocycles. The first-order valence-electron chi connectivity index (χ1n) is 11.5. The molecule has 2 N–H and O–H groups in total. The Morgan fingerprint density at radius 3 is 2.59 bits per heavy atom. The molecule has 2 aromatic heterocycles. The second-order valence-corrected chi connectivity index (χ2v) is 10.3. The number of hydrogen-bond donors (Lipinski definition) is 1. The van der Waals surface area contributed by atoms with Crippen molar-refractivity contribution in [3.8, 4) is 11.3 Å². The van der Waals surface area contributed by atoms with Crippen LogP contribution in [0.2, 0.25) is 0 Å². The van der Waals surface area contributed by atoms with E-state index in [2.05, 4.69) is 21.5 Å². The fourth-order valence-corrected chi connectivity index (χ4v) is 5.93. The number of halogens is 3. The number of fused-ring (bicyclic) bond motifs is 1. The van der Waals surface area contributed by atoms with Gasteiger partial charge >= 0.3 is 6.18 Å². The molecule has 32 heavy (non-hydrogen) atoms. The number of anilines is 1. The number of alkyl halides is 3. The number of piperidine rings is 1. The number of rotatable bonds is 5. The third kappa shape index (κ3) is 3.15. The van der Waals surface area contributed by atoms with E-state index in [0.29, 0.717) is 35.1 Å². The smallest absolute Gasteiger partial charge is 0.383 e. The summed E-state index contributed by atoms with van der Waals surface area (Å²) >= 11 is 0. The van der Waals surface area contributed by atoms with Crippen molar-refractivity contribution in [3.63, 3.8) is 0 Å². The second-order valence-electron chi connectivity index (χ2n) is 10.3. The molecular weight excluding hydrogens is 419 g/mol. The number of pyridine rings is 1. The molecule has 0 aromatic carbocycles. The lowest BCUT2D eigenvalue weighted by Gasteiger charge is -2.36. The van der Waals surface area contributed by atoms with Crippen LogP contribution in [0.25, 0.3) is 11.3 Å². The van der Waals surface area contributed by atoms with Gasteiger partial charge in [0.05, 0.1) is 30.5 Å². The number of likely N-dealkylation sites (tertiary alicyclic amines) is 1. The normalized spacial score (nSPS) is 30.8. The number of hydrogen-bond acceptors (Lipinski definition) is 5. The van der Waals surface area contributed by atoms with Crippen molar-refractivity contribution in [1.29, 1.82) is 0 Å². The largest absolute Gasteiger partial charge is 0.419 e. The van der Waals surface area contributed by atoms with E-state index in [4.69, 9.17) is 15.6 Å². The fraction of sp³-hybridized carbons (Fsp3) is 0.652. The third-order valence-electron chi connectivity index (χ3n) is 8.27. The zero-order valence-electron chi connectivity index (χ0n) is 18.1. The number of aromatic nitrogens is 3. The van der Waals surface area contributed by atoms with Crippen LogP contribution in [-0.2, 0) is 17.5 Å². The van der Waals surface area contributed by atoms with Crippen molar-refractivity contribution in [2.45, 2.75) is 50.9 Å². The molecule has 0 radical (unpaired) electrons. The maximum Gasteiger partial charge on any atom is 0.419 e. The van der Waals surface area contributed by atoms with Crippen LogP contribution in [0.3, 0.4) is 0 Å². The molecule has 1 unspecified atom stereocenters. The Morgan fingerprint density at radius 1 is 1.25 bits per heavy atom. The van der Waals surface area contributed by atoms with E-state index < -0.39 is 17.6 Å². The van der Waals surface area contributed by atoms with Gasteiger partial charge in [-0.1, -0.05) is 13.3 Å². The van der Waals surface area contributed by atoms with Gasteiger partial charge in [-0.3, -0.25) is 9.58 Å². The first-order chi connectivity index (χ1) is 15.2. The molecule has 0 amide bonds. The summed E-state index contributed by atoms with van der Waals surface area (Å²) in [6.07, 6.45) is 0.486. The Kier molecular flexibility index (Phi) is 4.44. The van der Waals surface area contributed by atoms with Crippen LogP contribution in [0.15, 0.2) is 18.3 Å². The SMILES string of the molecule is CC12CN(C3COC3)C[C@H]1[C@@H]2c1cc(-c2cnc(N)c(C(F)(F)F)c2)nn1CC1CCC1. The van der Waals surface area contributed by atoms with Crippen molar-refractivity contribution in [2.75, 3.05) is 32.0 Å². The average molecular weight is 448 g/mol. The molecule has 2 aliphatic carbocycles. The molecule has 2 saturated heterocycles. The van der Waals surface area contributed by atoms with Gasteiger partial charge in [0.15, 0.2) is 0 Å². The van der Waals surface area contributed by atoms with Gasteiger partial charge < -0.3 is 10.5 Å². The summed E-state index contributed by atoms with van der Waals surface area (Å²) in [6.45, 7) is 6.92. The van der Waals surface area contributed by atoms with Crippen LogP contribution in [0, 0.1) is 17.3 Å². The Labute approximate surface area is 184 Å². The molecule has 172 valence electrons. The first-order valence-corrected chi connectivity index (χ1v) is 11.5. The summed E-state index contributed by atoms with van der Waals surface area (Å²) in [4.78, 5) is 6.36. The van der Waals surface area contributed by atoms with Gasteiger partial charge in [0.1, 0.15) is 5.82 Å². The van der Waals surface area contributed by atoms with E-state index in [0.717, 1.165) is 44.6 Å². The van der Waals surface area contributed by atoms with Crippen molar-refractivity contribution in [1.82, 2.24) is 19.7 Å². The van der Waals surface area contributed by atoms with Gasteiger partial charge in [-0.25, -0.2) is 4.98 Å². The van der Waals surface area contributed by atoms with E-state index in [1.807, 2.05) is 6.07 Å². The molecule has 0 bridgehead atoms. The minimum atomic E-state index is -4.54. The summed E-state index contributed by atoms with van der Waals surface area (Å²) in [6, 6.07) is 3.62. The Balaban J connectivity index is 1.32. The van der Waals surface area contributed by atoms with E-state index in [9.17, 15) is 13.2 Å². The predicted octanol–water partition coefficient (Wildman–Crippen LogP) is 3.78. The fourth-order valence-electron chi connectivity index (χ4n) is 5.93. The highest BCUT2D eigenvalue weighted by atomic mass is 19.4. The predicted molar refractivity (Wildman–Crippen MR) is 113 cm³/mol. The van der Waals surface area contributed by atoms with Crippen LogP contribution in [0.1, 0.15) is 43.4 Å². The molecule has 2 saturated carbocycles. The number of nitrogen functional groups attached to an aromatic ring is 1. The van der Waals surface area contributed by atoms with E-state index in [-0.39, 0.29) is 5.41 Å². The molecule has 4 aliphatic rings. The second kappa shape index (κ2) is 6.93. The molecule has 2 aromatic rings. The molecule has 2 aliphatic heterocycles. The maximum atomic E-state index is 13.4. The van der Waals surface area contributed by atoms with Gasteiger partial charge in [-0.05, 0) is 42.2 Å². The maximum absolute atomic E-state index is 13.4. The number of ether oxygens (including phenoxy) is 1. The summed E-state index contributed by atoms with van der Waals surface area (Å²) in [5.74, 6) is 1.06. The molecule has 0 spiro atoms. The monoisotopic (exact) mass is 447 g/mol. The van der Waals surface area contributed by atoms with Crippen molar-refractivity contribution in [2.24, 2.45) is 17.3 Å². The van der Waals surface area contributed by atoms with Gasteiger partial charge in [0, 0.05) is 43.0 Å². The third-order valence-corrected chi connectivity index (χ3v) is 8.27. The Bertz CT molecular complexity index is 1040. The highest BCUT2D eigenvalue weighted by molar-refractivity contribution is 5.63. The van der Waals surface area contributed by atoms with Gasteiger partial charge in [0.25, 0.3) is 0 Å². The van der Waals surface area contributed by atoms with Gasteiger partial charge in [-0.15, -0.1) is 0 Å². The van der Waals surface area contributed by atoms with E-state index >= 15 is 0 Å². The highest BCUT2D eigenvalue weighted by Crippen LogP contribution is 2.68. The topological polar surface area (TPSA) is 69.2 Å². The van der Waals surface area contributed by atoms with Crippen molar-refractivity contribution < 1.29 is 17.9 Å². The molecule has 6 rings (SSSR count). The van der Waals surface area contributed by atoms with Crippen LogP contribution >= 0.6 is 0 Å². The van der Waals surface area contributed by atoms with E-state index in [1.165, 1.54) is 25.5 Å². The van der Waals surface area contributed by atoms with Gasteiger partial charge in [-0.2, -0.15) is 18.3 Å². The lowest BCUT2D eigenvalue weighted by molar-refractivity contribution is -0.137. The van der Waals surface area contributed by atoms with Crippen LogP contribution in [0.5, 0.6) is 0 Å².